The van der Waals surface area contributed by atoms with Gasteiger partial charge in [0, 0.05) is 13.7 Å². The monoisotopic (exact) mass is 327 g/mol. The zero-order valence-electron chi connectivity index (χ0n) is 14.5. The Morgan fingerprint density at radius 3 is 2.42 bits per heavy atom. The Morgan fingerprint density at radius 2 is 1.75 bits per heavy atom. The number of hydrogen-bond acceptors (Lipinski definition) is 3. The van der Waals surface area contributed by atoms with Crippen LogP contribution in [-0.2, 0) is 22.4 Å². The highest BCUT2D eigenvalue weighted by Crippen LogP contribution is 2.26. The van der Waals surface area contributed by atoms with Crippen LogP contribution in [0.25, 0.3) is 0 Å². The van der Waals surface area contributed by atoms with Gasteiger partial charge in [0.2, 0.25) is 0 Å². The number of benzene rings is 2. The van der Waals surface area contributed by atoms with Gasteiger partial charge in [0.1, 0.15) is 12.2 Å². The molecule has 0 aliphatic heterocycles. The standard InChI is InChI=1S/C20H25NO3/c1-4-17-12-8-9-13-18(17)19(23-3)15(2)24-20(22)21-14-16-10-6-5-7-11-16/h5-13,15,19H,4,14H2,1-3H3,(H,21,22). The smallest absolute Gasteiger partial charge is 0.407 e. The third-order valence-corrected chi connectivity index (χ3v) is 4.00. The van der Waals surface area contributed by atoms with Gasteiger partial charge in [-0.1, -0.05) is 61.5 Å². The van der Waals surface area contributed by atoms with E-state index >= 15 is 0 Å². The molecule has 0 heterocycles. The van der Waals surface area contributed by atoms with Crippen LogP contribution in [0.4, 0.5) is 4.79 Å². The van der Waals surface area contributed by atoms with Crippen molar-refractivity contribution >= 4 is 6.09 Å². The maximum absolute atomic E-state index is 12.0. The Morgan fingerprint density at radius 1 is 1.08 bits per heavy atom. The summed E-state index contributed by atoms with van der Waals surface area (Å²) >= 11 is 0. The highest BCUT2D eigenvalue weighted by molar-refractivity contribution is 5.67. The van der Waals surface area contributed by atoms with E-state index in [1.165, 1.54) is 5.56 Å². The summed E-state index contributed by atoms with van der Waals surface area (Å²) < 4.78 is 11.1. The van der Waals surface area contributed by atoms with Crippen LogP contribution >= 0.6 is 0 Å². The molecule has 4 heteroatoms. The number of alkyl carbamates (subject to hydrolysis) is 1. The minimum absolute atomic E-state index is 0.288. The predicted octanol–water partition coefficient (Wildman–Crippen LogP) is 4.25. The van der Waals surface area contributed by atoms with Crippen LogP contribution < -0.4 is 5.32 Å². The van der Waals surface area contributed by atoms with Crippen LogP contribution in [0.3, 0.4) is 0 Å². The van der Waals surface area contributed by atoms with Crippen LogP contribution in [0, 0.1) is 0 Å². The fourth-order valence-corrected chi connectivity index (χ4v) is 2.75. The van der Waals surface area contributed by atoms with E-state index in [4.69, 9.17) is 9.47 Å². The van der Waals surface area contributed by atoms with Gasteiger partial charge < -0.3 is 14.8 Å². The zero-order valence-corrected chi connectivity index (χ0v) is 14.5. The largest absolute Gasteiger partial charge is 0.443 e. The summed E-state index contributed by atoms with van der Waals surface area (Å²) in [5, 5.41) is 2.77. The summed E-state index contributed by atoms with van der Waals surface area (Å²) in [6.07, 6.45) is -0.215. The molecular formula is C20H25NO3. The third-order valence-electron chi connectivity index (χ3n) is 4.00. The van der Waals surface area contributed by atoms with Crippen molar-refractivity contribution < 1.29 is 14.3 Å². The molecule has 0 saturated heterocycles. The highest BCUT2D eigenvalue weighted by atomic mass is 16.6. The van der Waals surface area contributed by atoms with E-state index < -0.39 is 12.2 Å². The SMILES string of the molecule is CCc1ccccc1C(OC)C(C)OC(=O)NCc1ccccc1. The number of amides is 1. The summed E-state index contributed by atoms with van der Waals surface area (Å²) in [5.74, 6) is 0. The first kappa shape index (κ1) is 18.0. The van der Waals surface area contributed by atoms with Gasteiger partial charge in [-0.05, 0) is 30.0 Å². The molecule has 1 N–H and O–H groups in total. The Hall–Kier alpha value is -2.33. The molecule has 128 valence electrons. The number of ether oxygens (including phenoxy) is 2. The molecule has 2 atom stereocenters. The summed E-state index contributed by atoms with van der Waals surface area (Å²) in [4.78, 5) is 12.0. The van der Waals surface area contributed by atoms with Crippen LogP contribution in [0.5, 0.6) is 0 Å². The molecule has 0 bridgehead atoms. The van der Waals surface area contributed by atoms with E-state index in [9.17, 15) is 4.79 Å². The van der Waals surface area contributed by atoms with Crippen LogP contribution in [-0.4, -0.2) is 19.3 Å². The van der Waals surface area contributed by atoms with E-state index in [0.717, 1.165) is 17.5 Å². The Kier molecular flexibility index (Phi) is 6.82. The van der Waals surface area contributed by atoms with Crippen LogP contribution in [0.1, 0.15) is 36.6 Å². The first-order chi connectivity index (χ1) is 11.7. The maximum atomic E-state index is 12.0. The van der Waals surface area contributed by atoms with Crippen molar-refractivity contribution in [2.24, 2.45) is 0 Å². The van der Waals surface area contributed by atoms with E-state index in [1.807, 2.05) is 55.5 Å². The molecule has 0 aliphatic rings. The molecule has 4 nitrogen and oxygen atoms in total. The van der Waals surface area contributed by atoms with Crippen molar-refractivity contribution in [1.82, 2.24) is 5.32 Å². The van der Waals surface area contributed by atoms with E-state index in [0.29, 0.717) is 6.54 Å². The van der Waals surface area contributed by atoms with E-state index in [-0.39, 0.29) is 6.10 Å². The number of rotatable bonds is 7. The fourth-order valence-electron chi connectivity index (χ4n) is 2.75. The van der Waals surface area contributed by atoms with Gasteiger partial charge in [0.15, 0.2) is 0 Å². The van der Waals surface area contributed by atoms with Crippen molar-refractivity contribution in [3.8, 4) is 0 Å². The number of hydrogen-bond donors (Lipinski definition) is 1. The van der Waals surface area contributed by atoms with Crippen LogP contribution in [0.2, 0.25) is 0 Å². The van der Waals surface area contributed by atoms with Gasteiger partial charge >= 0.3 is 6.09 Å². The molecule has 0 aromatic heterocycles. The van der Waals surface area contributed by atoms with Gasteiger partial charge in [0.25, 0.3) is 0 Å². The fraction of sp³-hybridized carbons (Fsp3) is 0.350. The number of nitrogens with one attached hydrogen (secondary N) is 1. The van der Waals surface area contributed by atoms with Crippen molar-refractivity contribution in [3.05, 3.63) is 71.3 Å². The normalized spacial score (nSPS) is 13.1. The predicted molar refractivity (Wildman–Crippen MR) is 94.8 cm³/mol. The van der Waals surface area contributed by atoms with Crippen molar-refractivity contribution in [2.45, 2.75) is 39.0 Å². The quantitative estimate of drug-likeness (QED) is 0.827. The lowest BCUT2D eigenvalue weighted by Crippen LogP contribution is -2.31. The average molecular weight is 327 g/mol. The van der Waals surface area contributed by atoms with Crippen LogP contribution in [0.15, 0.2) is 54.6 Å². The van der Waals surface area contributed by atoms with Gasteiger partial charge in [-0.15, -0.1) is 0 Å². The molecule has 0 saturated carbocycles. The van der Waals surface area contributed by atoms with Crippen molar-refractivity contribution in [2.75, 3.05) is 7.11 Å². The van der Waals surface area contributed by atoms with Gasteiger partial charge in [0.05, 0.1) is 0 Å². The van der Waals surface area contributed by atoms with E-state index in [1.54, 1.807) is 7.11 Å². The molecule has 2 aromatic carbocycles. The minimum Gasteiger partial charge on any atom is -0.443 e. The molecular weight excluding hydrogens is 302 g/mol. The first-order valence-corrected chi connectivity index (χ1v) is 8.24. The van der Waals surface area contributed by atoms with Crippen molar-refractivity contribution in [3.63, 3.8) is 0 Å². The molecule has 0 spiro atoms. The van der Waals surface area contributed by atoms with E-state index in [2.05, 4.69) is 18.3 Å². The van der Waals surface area contributed by atoms with Crippen molar-refractivity contribution in [1.29, 1.82) is 0 Å². The molecule has 24 heavy (non-hydrogen) atoms. The molecule has 2 rings (SSSR count). The molecule has 1 amide bonds. The second-order valence-electron chi connectivity index (χ2n) is 5.66. The zero-order chi connectivity index (χ0) is 17.4. The Balaban J connectivity index is 1.96. The lowest BCUT2D eigenvalue weighted by Gasteiger charge is -2.25. The molecule has 0 fully saturated rings. The summed E-state index contributed by atoms with van der Waals surface area (Å²) in [7, 11) is 1.64. The maximum Gasteiger partial charge on any atom is 0.407 e. The summed E-state index contributed by atoms with van der Waals surface area (Å²) in [6.45, 7) is 4.39. The molecule has 0 aliphatic carbocycles. The number of aryl methyl sites for hydroxylation is 1. The topological polar surface area (TPSA) is 47.6 Å². The van der Waals surface area contributed by atoms with Gasteiger partial charge in [-0.2, -0.15) is 0 Å². The first-order valence-electron chi connectivity index (χ1n) is 8.24. The second-order valence-corrected chi connectivity index (χ2v) is 5.66. The van der Waals surface area contributed by atoms with Gasteiger partial charge in [-0.25, -0.2) is 4.79 Å². The molecule has 0 radical (unpaired) electrons. The number of carbonyl (C=O) groups excluding carboxylic acids is 1. The lowest BCUT2D eigenvalue weighted by molar-refractivity contribution is -0.0153. The second kappa shape index (κ2) is 9.08. The molecule has 2 aromatic rings. The minimum atomic E-state index is -0.442. The molecule has 2 unspecified atom stereocenters. The number of methoxy groups -OCH3 is 1. The summed E-state index contributed by atoms with van der Waals surface area (Å²) in [6, 6.07) is 17.8. The summed E-state index contributed by atoms with van der Waals surface area (Å²) in [5.41, 5.74) is 3.29. The average Bonchev–Trinajstić information content (AvgIpc) is 2.62. The Bertz CT molecular complexity index is 642. The highest BCUT2D eigenvalue weighted by Gasteiger charge is 2.24. The lowest BCUT2D eigenvalue weighted by atomic mass is 9.97. The Labute approximate surface area is 143 Å². The third kappa shape index (κ3) is 4.83. The van der Waals surface area contributed by atoms with Gasteiger partial charge in [-0.3, -0.25) is 0 Å². The number of carbonyl (C=O) groups is 1.